The fourth-order valence-electron chi connectivity index (χ4n) is 2.78. The number of hydrogen-bond donors (Lipinski definition) is 1. The Morgan fingerprint density at radius 2 is 2.19 bits per heavy atom. The minimum absolute atomic E-state index is 0.0644. The minimum Gasteiger partial charge on any atom is -0.496 e. The summed E-state index contributed by atoms with van der Waals surface area (Å²) in [5, 5.41) is 3.38. The third-order valence-corrected chi connectivity index (χ3v) is 4.00. The van der Waals surface area contributed by atoms with Crippen LogP contribution in [-0.4, -0.2) is 37.6 Å². The van der Waals surface area contributed by atoms with E-state index in [0.29, 0.717) is 12.3 Å². The van der Waals surface area contributed by atoms with Crippen LogP contribution in [0.2, 0.25) is 0 Å². The lowest BCUT2D eigenvalue weighted by Crippen LogP contribution is -2.48. The molecule has 4 heteroatoms. The van der Waals surface area contributed by atoms with Crippen LogP contribution >= 0.6 is 0 Å². The Bertz CT molecular complexity index is 474. The van der Waals surface area contributed by atoms with E-state index in [4.69, 9.17) is 4.74 Å². The van der Waals surface area contributed by atoms with Crippen LogP contribution < -0.4 is 10.1 Å². The maximum atomic E-state index is 12.5. The molecule has 1 atom stereocenters. The Balaban J connectivity index is 2.17. The number of carbonyl (C=O) groups is 1. The van der Waals surface area contributed by atoms with Gasteiger partial charge in [-0.05, 0) is 18.4 Å². The average Bonchev–Trinajstić information content (AvgIpc) is 2.52. The van der Waals surface area contributed by atoms with Gasteiger partial charge in [0.05, 0.1) is 13.2 Å². The first-order valence-corrected chi connectivity index (χ1v) is 7.76. The summed E-state index contributed by atoms with van der Waals surface area (Å²) in [6, 6.07) is 8.04. The lowest BCUT2D eigenvalue weighted by Gasteiger charge is -2.37. The molecule has 116 valence electrons. The summed E-state index contributed by atoms with van der Waals surface area (Å²) in [7, 11) is 1.68. The lowest BCUT2D eigenvalue weighted by molar-refractivity contribution is -0.134. The molecular formula is C17H26N2O2. The van der Waals surface area contributed by atoms with E-state index in [0.717, 1.165) is 37.4 Å². The highest BCUT2D eigenvalue weighted by Gasteiger charge is 2.29. The fraction of sp³-hybridized carbons (Fsp3) is 0.588. The second-order valence-electron chi connectivity index (χ2n) is 5.98. The van der Waals surface area contributed by atoms with Crippen LogP contribution in [0.5, 0.6) is 5.75 Å². The largest absolute Gasteiger partial charge is 0.496 e. The smallest absolute Gasteiger partial charge is 0.223 e. The molecule has 0 radical (unpaired) electrons. The van der Waals surface area contributed by atoms with E-state index < -0.39 is 0 Å². The van der Waals surface area contributed by atoms with Crippen LogP contribution in [0.3, 0.4) is 0 Å². The number of benzene rings is 1. The van der Waals surface area contributed by atoms with E-state index in [1.807, 2.05) is 23.1 Å². The maximum Gasteiger partial charge on any atom is 0.223 e. The first-order valence-electron chi connectivity index (χ1n) is 7.76. The molecule has 1 amide bonds. The van der Waals surface area contributed by atoms with Crippen molar-refractivity contribution in [3.63, 3.8) is 0 Å². The monoisotopic (exact) mass is 290 g/mol. The molecule has 0 aromatic heterocycles. The van der Waals surface area contributed by atoms with Gasteiger partial charge in [-0.25, -0.2) is 0 Å². The molecule has 0 aliphatic carbocycles. The molecule has 1 aromatic carbocycles. The lowest BCUT2D eigenvalue weighted by atomic mass is 10.0. The maximum absolute atomic E-state index is 12.5. The Kier molecular flexibility index (Phi) is 5.62. The molecule has 1 N–H and O–H groups in total. The van der Waals surface area contributed by atoms with E-state index in [2.05, 4.69) is 25.2 Å². The normalized spacial score (nSPS) is 18.9. The molecule has 1 saturated heterocycles. The molecule has 21 heavy (non-hydrogen) atoms. The quantitative estimate of drug-likeness (QED) is 0.906. The molecule has 1 fully saturated rings. The van der Waals surface area contributed by atoms with Crippen molar-refractivity contribution in [2.24, 2.45) is 5.92 Å². The number of rotatable bonds is 5. The number of nitrogens with one attached hydrogen (secondary N) is 1. The predicted octanol–water partition coefficient (Wildman–Crippen LogP) is 2.60. The van der Waals surface area contributed by atoms with E-state index >= 15 is 0 Å². The van der Waals surface area contributed by atoms with Gasteiger partial charge in [0.2, 0.25) is 5.91 Å². The second-order valence-corrected chi connectivity index (χ2v) is 5.98. The van der Waals surface area contributed by atoms with Crippen molar-refractivity contribution in [3.8, 4) is 5.75 Å². The number of amides is 1. The zero-order valence-electron chi connectivity index (χ0n) is 13.3. The molecular weight excluding hydrogens is 264 g/mol. The summed E-state index contributed by atoms with van der Waals surface area (Å²) in [5.74, 6) is 1.66. The SMILES string of the molecule is COc1ccccc1C1CNCCN1C(=O)CCC(C)C. The minimum atomic E-state index is 0.0644. The summed E-state index contributed by atoms with van der Waals surface area (Å²) in [6.45, 7) is 6.72. The summed E-state index contributed by atoms with van der Waals surface area (Å²) in [5.41, 5.74) is 1.09. The third kappa shape index (κ3) is 3.97. The topological polar surface area (TPSA) is 41.6 Å². The van der Waals surface area contributed by atoms with Gasteiger partial charge in [-0.15, -0.1) is 0 Å². The van der Waals surface area contributed by atoms with Gasteiger partial charge in [-0.2, -0.15) is 0 Å². The average molecular weight is 290 g/mol. The molecule has 0 bridgehead atoms. The number of hydrogen-bond acceptors (Lipinski definition) is 3. The van der Waals surface area contributed by atoms with Gasteiger partial charge >= 0.3 is 0 Å². The number of piperazine rings is 1. The van der Waals surface area contributed by atoms with E-state index in [-0.39, 0.29) is 11.9 Å². The third-order valence-electron chi connectivity index (χ3n) is 4.00. The number of carbonyl (C=O) groups excluding carboxylic acids is 1. The van der Waals surface area contributed by atoms with Gasteiger partial charge in [0.15, 0.2) is 0 Å². The van der Waals surface area contributed by atoms with Crippen molar-refractivity contribution in [2.45, 2.75) is 32.7 Å². The van der Waals surface area contributed by atoms with Crippen LogP contribution in [-0.2, 0) is 4.79 Å². The standard InChI is InChI=1S/C17H26N2O2/c1-13(2)8-9-17(20)19-11-10-18-12-15(19)14-6-4-5-7-16(14)21-3/h4-7,13,15,18H,8-12H2,1-3H3. The predicted molar refractivity (Wildman–Crippen MR) is 84.4 cm³/mol. The highest BCUT2D eigenvalue weighted by Crippen LogP contribution is 2.30. The van der Waals surface area contributed by atoms with Gasteiger partial charge in [0.25, 0.3) is 0 Å². The molecule has 1 aliphatic heterocycles. The summed E-state index contributed by atoms with van der Waals surface area (Å²) in [6.07, 6.45) is 1.57. The zero-order valence-corrected chi connectivity index (χ0v) is 13.3. The Morgan fingerprint density at radius 3 is 2.90 bits per heavy atom. The number of nitrogens with zero attached hydrogens (tertiary/aromatic N) is 1. The van der Waals surface area contributed by atoms with Crippen LogP contribution in [0, 0.1) is 5.92 Å². The first kappa shape index (κ1) is 15.8. The van der Waals surface area contributed by atoms with Crippen LogP contribution in [0.1, 0.15) is 38.3 Å². The Hall–Kier alpha value is -1.55. The van der Waals surface area contributed by atoms with Crippen molar-refractivity contribution in [1.82, 2.24) is 10.2 Å². The van der Waals surface area contributed by atoms with Crippen molar-refractivity contribution in [1.29, 1.82) is 0 Å². The molecule has 0 saturated carbocycles. The highest BCUT2D eigenvalue weighted by molar-refractivity contribution is 5.77. The summed E-state index contributed by atoms with van der Waals surface area (Å²) < 4.78 is 5.46. The first-order chi connectivity index (χ1) is 10.1. The Morgan fingerprint density at radius 1 is 1.43 bits per heavy atom. The van der Waals surface area contributed by atoms with Crippen LogP contribution in [0.4, 0.5) is 0 Å². The molecule has 2 rings (SSSR count). The summed E-state index contributed by atoms with van der Waals surface area (Å²) >= 11 is 0. The molecule has 1 aliphatic rings. The van der Waals surface area contributed by atoms with Crippen LogP contribution in [0.25, 0.3) is 0 Å². The molecule has 0 spiro atoms. The molecule has 4 nitrogen and oxygen atoms in total. The van der Waals surface area contributed by atoms with Gasteiger partial charge in [-0.1, -0.05) is 32.0 Å². The molecule has 1 unspecified atom stereocenters. The highest BCUT2D eigenvalue weighted by atomic mass is 16.5. The number of ether oxygens (including phenoxy) is 1. The van der Waals surface area contributed by atoms with E-state index in [9.17, 15) is 4.79 Å². The molecule has 1 heterocycles. The van der Waals surface area contributed by atoms with E-state index in [1.165, 1.54) is 0 Å². The van der Waals surface area contributed by atoms with Gasteiger partial charge in [-0.3, -0.25) is 4.79 Å². The zero-order chi connectivity index (χ0) is 15.2. The number of para-hydroxylation sites is 1. The van der Waals surface area contributed by atoms with Crippen LogP contribution in [0.15, 0.2) is 24.3 Å². The van der Waals surface area contributed by atoms with Gasteiger partial charge < -0.3 is 15.0 Å². The van der Waals surface area contributed by atoms with Crippen molar-refractivity contribution >= 4 is 5.91 Å². The number of methoxy groups -OCH3 is 1. The van der Waals surface area contributed by atoms with Gasteiger partial charge in [0, 0.05) is 31.6 Å². The van der Waals surface area contributed by atoms with Crippen molar-refractivity contribution in [3.05, 3.63) is 29.8 Å². The fourth-order valence-corrected chi connectivity index (χ4v) is 2.78. The van der Waals surface area contributed by atoms with Crippen molar-refractivity contribution < 1.29 is 9.53 Å². The summed E-state index contributed by atoms with van der Waals surface area (Å²) in [4.78, 5) is 14.6. The Labute approximate surface area is 127 Å². The molecule has 1 aromatic rings. The van der Waals surface area contributed by atoms with E-state index in [1.54, 1.807) is 7.11 Å². The van der Waals surface area contributed by atoms with Gasteiger partial charge in [0.1, 0.15) is 5.75 Å². The second kappa shape index (κ2) is 7.46. The van der Waals surface area contributed by atoms with Crippen molar-refractivity contribution in [2.75, 3.05) is 26.7 Å².